The maximum Gasteiger partial charge on any atom is 0.255 e. The predicted molar refractivity (Wildman–Crippen MR) is 107 cm³/mol. The zero-order valence-corrected chi connectivity index (χ0v) is 15.8. The van der Waals surface area contributed by atoms with Crippen LogP contribution in [-0.2, 0) is 11.3 Å². The van der Waals surface area contributed by atoms with Crippen molar-refractivity contribution in [3.8, 4) is 0 Å². The van der Waals surface area contributed by atoms with Crippen LogP contribution in [-0.4, -0.2) is 35.5 Å². The lowest BCUT2D eigenvalue weighted by Crippen LogP contribution is -2.29. The lowest BCUT2D eigenvalue weighted by molar-refractivity contribution is -0.117. The van der Waals surface area contributed by atoms with Gasteiger partial charge in [-0.2, -0.15) is 0 Å². The van der Waals surface area contributed by atoms with Gasteiger partial charge in [-0.25, -0.2) is 0 Å². The number of amides is 2. The molecule has 28 heavy (non-hydrogen) atoms. The predicted octanol–water partition coefficient (Wildman–Crippen LogP) is 3.31. The lowest BCUT2D eigenvalue weighted by Gasteiger charge is -2.16. The molecule has 0 radical (unpaired) electrons. The molecule has 1 heterocycles. The molecular weight excluding hydrogens is 356 g/mol. The Kier molecular flexibility index (Phi) is 6.18. The van der Waals surface area contributed by atoms with Gasteiger partial charge in [0.05, 0.1) is 6.54 Å². The molecule has 3 rings (SSSR count). The molecular formula is C21H22N4O3. The molecule has 0 atom stereocenters. The Bertz CT molecular complexity index is 936. The number of carbonyl (C=O) groups excluding carboxylic acids is 2. The van der Waals surface area contributed by atoms with Crippen LogP contribution in [0.25, 0.3) is 0 Å². The molecule has 1 aromatic heterocycles. The van der Waals surface area contributed by atoms with E-state index in [4.69, 9.17) is 4.52 Å². The first kappa shape index (κ1) is 19.3. The van der Waals surface area contributed by atoms with Crippen molar-refractivity contribution in [3.05, 3.63) is 77.6 Å². The minimum absolute atomic E-state index is 0.159. The van der Waals surface area contributed by atoms with E-state index in [2.05, 4.69) is 15.8 Å². The Morgan fingerprint density at radius 3 is 2.39 bits per heavy atom. The quantitative estimate of drug-likeness (QED) is 0.659. The number of hydrogen-bond donors (Lipinski definition) is 2. The van der Waals surface area contributed by atoms with Gasteiger partial charge in [0.2, 0.25) is 5.91 Å². The third kappa shape index (κ3) is 5.52. The molecule has 0 saturated heterocycles. The van der Waals surface area contributed by atoms with E-state index < -0.39 is 0 Å². The summed E-state index contributed by atoms with van der Waals surface area (Å²) in [4.78, 5) is 26.2. The summed E-state index contributed by atoms with van der Waals surface area (Å²) in [6.45, 7) is 2.55. The number of para-hydroxylation sites is 1. The highest BCUT2D eigenvalue weighted by Gasteiger charge is 2.11. The molecule has 7 nitrogen and oxygen atoms in total. The van der Waals surface area contributed by atoms with Gasteiger partial charge in [0, 0.05) is 23.9 Å². The molecule has 2 aromatic carbocycles. The molecule has 2 amide bonds. The summed E-state index contributed by atoms with van der Waals surface area (Å²) in [6, 6.07) is 18.3. The Labute approximate surface area is 163 Å². The fourth-order valence-corrected chi connectivity index (χ4v) is 2.71. The molecule has 0 unspecified atom stereocenters. The van der Waals surface area contributed by atoms with Crippen molar-refractivity contribution in [2.75, 3.05) is 24.2 Å². The van der Waals surface area contributed by atoms with Crippen molar-refractivity contribution in [3.63, 3.8) is 0 Å². The van der Waals surface area contributed by atoms with Crippen molar-refractivity contribution in [2.45, 2.75) is 13.5 Å². The normalized spacial score (nSPS) is 10.7. The average molecular weight is 378 g/mol. The molecule has 0 aliphatic carbocycles. The van der Waals surface area contributed by atoms with E-state index in [1.54, 1.807) is 25.1 Å². The van der Waals surface area contributed by atoms with Gasteiger partial charge < -0.3 is 15.2 Å². The summed E-state index contributed by atoms with van der Waals surface area (Å²) in [7, 11) is 1.85. The second kappa shape index (κ2) is 8.96. The largest absolute Gasteiger partial charge is 0.360 e. The molecule has 0 bridgehead atoms. The number of nitrogens with one attached hydrogen (secondary N) is 2. The van der Waals surface area contributed by atoms with Crippen LogP contribution in [0.2, 0.25) is 0 Å². The smallest absolute Gasteiger partial charge is 0.255 e. The van der Waals surface area contributed by atoms with Crippen molar-refractivity contribution in [2.24, 2.45) is 0 Å². The van der Waals surface area contributed by atoms with Crippen LogP contribution in [0, 0.1) is 6.92 Å². The molecule has 3 aromatic rings. The van der Waals surface area contributed by atoms with E-state index in [9.17, 15) is 9.59 Å². The number of hydrogen-bond acceptors (Lipinski definition) is 5. The molecule has 7 heteroatoms. The Morgan fingerprint density at radius 2 is 1.75 bits per heavy atom. The number of nitrogens with zero attached hydrogens (tertiary/aromatic N) is 2. The monoisotopic (exact) mass is 378 g/mol. The van der Waals surface area contributed by atoms with Crippen molar-refractivity contribution < 1.29 is 14.1 Å². The summed E-state index contributed by atoms with van der Waals surface area (Å²) in [5, 5.41) is 9.28. The third-order valence-corrected chi connectivity index (χ3v) is 4.01. The second-order valence-corrected chi connectivity index (χ2v) is 6.56. The van der Waals surface area contributed by atoms with Gasteiger partial charge in [-0.3, -0.25) is 14.5 Å². The summed E-state index contributed by atoms with van der Waals surface area (Å²) in [5.74, 6) is 0.716. The topological polar surface area (TPSA) is 87.5 Å². The van der Waals surface area contributed by atoms with Crippen LogP contribution < -0.4 is 10.6 Å². The van der Waals surface area contributed by atoms with E-state index in [1.807, 2.05) is 54.4 Å². The zero-order valence-electron chi connectivity index (χ0n) is 15.8. The molecule has 0 fully saturated rings. The first-order valence-electron chi connectivity index (χ1n) is 8.86. The van der Waals surface area contributed by atoms with E-state index >= 15 is 0 Å². The van der Waals surface area contributed by atoms with Crippen LogP contribution >= 0.6 is 0 Å². The second-order valence-electron chi connectivity index (χ2n) is 6.56. The van der Waals surface area contributed by atoms with Crippen LogP contribution in [0.4, 0.5) is 11.5 Å². The number of carbonyl (C=O) groups is 2. The zero-order chi connectivity index (χ0) is 19.9. The fourth-order valence-electron chi connectivity index (χ4n) is 2.71. The minimum atomic E-state index is -0.172. The Balaban J connectivity index is 1.50. The lowest BCUT2D eigenvalue weighted by atomic mass is 10.1. The van der Waals surface area contributed by atoms with Crippen LogP contribution in [0.1, 0.15) is 21.7 Å². The first-order chi connectivity index (χ1) is 13.5. The Morgan fingerprint density at radius 1 is 1.04 bits per heavy atom. The highest BCUT2D eigenvalue weighted by atomic mass is 16.5. The molecule has 0 spiro atoms. The fraction of sp³-hybridized carbons (Fsp3) is 0.190. The maximum atomic E-state index is 12.3. The van der Waals surface area contributed by atoms with Gasteiger partial charge in [0.15, 0.2) is 5.82 Å². The molecule has 0 saturated carbocycles. The SMILES string of the molecule is Cc1cc(NC(=O)CN(C)Cc2ccc(C(=O)Nc3ccccc3)cc2)no1. The van der Waals surface area contributed by atoms with Crippen LogP contribution in [0.3, 0.4) is 0 Å². The van der Waals surface area contributed by atoms with Crippen LogP contribution in [0.15, 0.2) is 65.2 Å². The number of rotatable bonds is 7. The molecule has 0 aliphatic heterocycles. The Hall–Kier alpha value is -3.45. The van der Waals surface area contributed by atoms with Crippen molar-refractivity contribution in [1.29, 1.82) is 0 Å². The molecule has 2 N–H and O–H groups in total. The summed E-state index contributed by atoms with van der Waals surface area (Å²) in [5.41, 5.74) is 2.34. The van der Waals surface area contributed by atoms with E-state index in [1.165, 1.54) is 0 Å². The van der Waals surface area contributed by atoms with E-state index in [-0.39, 0.29) is 18.4 Å². The number of aryl methyl sites for hydroxylation is 1. The van der Waals surface area contributed by atoms with Gasteiger partial charge in [-0.1, -0.05) is 35.5 Å². The van der Waals surface area contributed by atoms with Gasteiger partial charge in [0.1, 0.15) is 5.76 Å². The highest BCUT2D eigenvalue weighted by Crippen LogP contribution is 2.11. The minimum Gasteiger partial charge on any atom is -0.360 e. The van der Waals surface area contributed by atoms with Crippen LogP contribution in [0.5, 0.6) is 0 Å². The van der Waals surface area contributed by atoms with E-state index in [0.717, 1.165) is 11.3 Å². The number of anilines is 2. The van der Waals surface area contributed by atoms with Gasteiger partial charge >= 0.3 is 0 Å². The third-order valence-electron chi connectivity index (χ3n) is 4.01. The van der Waals surface area contributed by atoms with Crippen molar-refractivity contribution >= 4 is 23.3 Å². The van der Waals surface area contributed by atoms with Gasteiger partial charge in [0.25, 0.3) is 5.91 Å². The van der Waals surface area contributed by atoms with Gasteiger partial charge in [-0.15, -0.1) is 0 Å². The first-order valence-corrected chi connectivity index (χ1v) is 8.86. The van der Waals surface area contributed by atoms with Gasteiger partial charge in [-0.05, 0) is 43.8 Å². The molecule has 144 valence electrons. The maximum absolute atomic E-state index is 12.3. The van der Waals surface area contributed by atoms with Crippen molar-refractivity contribution in [1.82, 2.24) is 10.1 Å². The summed E-state index contributed by atoms with van der Waals surface area (Å²) in [6.07, 6.45) is 0. The van der Waals surface area contributed by atoms with E-state index in [0.29, 0.717) is 23.7 Å². The standard InChI is InChI=1S/C21H22N4O3/c1-15-12-19(24-28-15)23-20(26)14-25(2)13-16-8-10-17(11-9-16)21(27)22-18-6-4-3-5-7-18/h3-12H,13-14H2,1-2H3,(H,22,27)(H,23,24,26). The highest BCUT2D eigenvalue weighted by molar-refractivity contribution is 6.04. The number of likely N-dealkylation sites (N-methyl/N-ethyl adjacent to an activating group) is 1. The summed E-state index contributed by atoms with van der Waals surface area (Å²) >= 11 is 0. The average Bonchev–Trinajstić information content (AvgIpc) is 3.07. The number of aromatic nitrogens is 1. The summed E-state index contributed by atoms with van der Waals surface area (Å²) < 4.78 is 4.92. The number of benzene rings is 2. The molecule has 0 aliphatic rings.